The van der Waals surface area contributed by atoms with Crippen LogP contribution in [0, 0.1) is 0 Å². The molecule has 137 heavy (non-hydrogen) atoms. The molecule has 0 N–H and O–H groups in total. The number of para-hydroxylation sites is 3. The lowest BCUT2D eigenvalue weighted by Gasteiger charge is -2.45. The van der Waals surface area contributed by atoms with Gasteiger partial charge in [0.2, 0.25) is 0 Å². The van der Waals surface area contributed by atoms with Gasteiger partial charge in [0.25, 0.3) is 6.71 Å². The fraction of sp³-hybridized carbons (Fsp3) is 0.227. The third-order valence-corrected chi connectivity index (χ3v) is 31.1. The fourth-order valence-electron chi connectivity index (χ4n) is 24.0. The molecule has 4 nitrogen and oxygen atoms in total. The Labute approximate surface area is 811 Å². The summed E-state index contributed by atoms with van der Waals surface area (Å²) in [5, 5.41) is 5.03. The van der Waals surface area contributed by atoms with Gasteiger partial charge in [0.1, 0.15) is 0 Å². The third kappa shape index (κ3) is 14.8. The van der Waals surface area contributed by atoms with Crippen LogP contribution in [0.2, 0.25) is 0 Å². The molecule has 0 radical (unpaired) electrons. The molecule has 0 bridgehead atoms. The summed E-state index contributed by atoms with van der Waals surface area (Å²) in [6.07, 6.45) is 6.98. The van der Waals surface area contributed by atoms with Crippen LogP contribution in [0.25, 0.3) is 133 Å². The lowest BCUT2D eigenvalue weighted by atomic mass is 9.33. The molecule has 0 fully saturated rings. The zero-order valence-corrected chi connectivity index (χ0v) is 82.4. The zero-order valence-electron chi connectivity index (χ0n) is 82.4. The topological polar surface area (TPSA) is 16.3 Å². The van der Waals surface area contributed by atoms with E-state index >= 15 is 0 Å². The Bertz CT molecular complexity index is 7740. The van der Waals surface area contributed by atoms with Crippen molar-refractivity contribution in [1.29, 1.82) is 0 Å². The predicted octanol–water partition coefficient (Wildman–Crippen LogP) is 32.9. The number of benzene rings is 17. The van der Waals surface area contributed by atoms with E-state index in [0.29, 0.717) is 0 Å². The fourth-order valence-corrected chi connectivity index (χ4v) is 24.0. The molecule has 0 saturated heterocycles. The summed E-state index contributed by atoms with van der Waals surface area (Å²) in [6, 6.07) is 142. The van der Waals surface area contributed by atoms with E-state index in [1.165, 1.54) is 222 Å². The number of nitrogens with zero attached hydrogens (tertiary/aromatic N) is 4. The number of rotatable bonds is 18. The van der Waals surface area contributed by atoms with E-state index in [2.05, 4.69) is 487 Å². The molecule has 674 valence electrons. The molecule has 0 saturated carbocycles. The Balaban J connectivity index is 0.699. The molecule has 2 aromatic heterocycles. The zero-order chi connectivity index (χ0) is 93.9. The van der Waals surface area contributed by atoms with E-state index in [1.54, 1.807) is 0 Å². The Hall–Kier alpha value is -14.0. The molecular weight excluding hydrogens is 1650 g/mol. The van der Waals surface area contributed by atoms with Crippen LogP contribution < -0.4 is 26.2 Å². The van der Waals surface area contributed by atoms with Gasteiger partial charge in [0.05, 0.1) is 27.5 Å². The first-order valence-corrected chi connectivity index (χ1v) is 50.3. The molecule has 23 rings (SSSR count). The summed E-state index contributed by atoms with van der Waals surface area (Å²) in [5.74, 6) is 0. The van der Waals surface area contributed by atoms with E-state index < -0.39 is 5.41 Å². The second kappa shape index (κ2) is 33.2. The average molecular weight is 1780 g/mol. The minimum absolute atomic E-state index is 0.0248. The molecular formula is C132H123BN4. The number of hydrogen-bond acceptors (Lipinski definition) is 2. The summed E-state index contributed by atoms with van der Waals surface area (Å²) in [5.41, 5.74) is 48.7. The third-order valence-electron chi connectivity index (χ3n) is 31.1. The van der Waals surface area contributed by atoms with Gasteiger partial charge >= 0.3 is 0 Å². The molecule has 5 heteroatoms. The normalized spacial score (nSPS) is 13.6. The van der Waals surface area contributed by atoms with E-state index in [0.717, 1.165) is 69.4 Å². The second-order valence-corrected chi connectivity index (χ2v) is 44.7. The largest absolute Gasteiger partial charge is 0.342 e. The molecule has 0 unspecified atom stereocenters. The minimum Gasteiger partial charge on any atom is -0.342 e. The highest BCUT2D eigenvalue weighted by molar-refractivity contribution is 7.00. The Morgan fingerprint density at radius 2 is 0.599 bits per heavy atom. The maximum Gasteiger partial charge on any atom is 0.252 e. The quantitative estimate of drug-likeness (QED) is 0.0629. The van der Waals surface area contributed by atoms with Crippen molar-refractivity contribution in [1.82, 2.24) is 9.13 Å². The predicted molar refractivity (Wildman–Crippen MR) is 587 cm³/mol. The summed E-state index contributed by atoms with van der Waals surface area (Å²) < 4.78 is 5.12. The molecule has 4 aliphatic rings. The highest BCUT2D eigenvalue weighted by Gasteiger charge is 2.52. The van der Waals surface area contributed by atoms with Gasteiger partial charge in [-0.25, -0.2) is 0 Å². The van der Waals surface area contributed by atoms with Gasteiger partial charge in [-0.1, -0.05) is 408 Å². The first-order chi connectivity index (χ1) is 66.1. The van der Waals surface area contributed by atoms with Crippen molar-refractivity contribution in [2.45, 2.75) is 181 Å². The van der Waals surface area contributed by atoms with E-state index in [9.17, 15) is 0 Å². The van der Waals surface area contributed by atoms with Crippen LogP contribution in [-0.4, -0.2) is 28.9 Å². The van der Waals surface area contributed by atoms with Crippen LogP contribution in [0.3, 0.4) is 0 Å². The minimum atomic E-state index is -0.519. The molecule has 0 amide bonds. The van der Waals surface area contributed by atoms with Crippen molar-refractivity contribution < 1.29 is 0 Å². The van der Waals surface area contributed by atoms with E-state index in [-0.39, 0.29) is 33.8 Å². The lowest BCUT2D eigenvalue weighted by molar-refractivity contribution is 0.589. The van der Waals surface area contributed by atoms with Crippen LogP contribution in [0.1, 0.15) is 197 Å². The summed E-state index contributed by atoms with van der Waals surface area (Å²) in [7, 11) is 0. The van der Waals surface area contributed by atoms with Crippen LogP contribution in [0.15, 0.2) is 364 Å². The summed E-state index contributed by atoms with van der Waals surface area (Å²) in [6.45, 7) is 36.7. The molecule has 1 spiro atoms. The van der Waals surface area contributed by atoms with Crippen LogP contribution >= 0.6 is 0 Å². The van der Waals surface area contributed by atoms with E-state index in [4.69, 9.17) is 0 Å². The van der Waals surface area contributed by atoms with Crippen LogP contribution in [-0.2, 0) is 45.3 Å². The number of anilines is 4. The van der Waals surface area contributed by atoms with Crippen LogP contribution in [0.5, 0.6) is 0 Å². The average Bonchev–Trinajstić information content (AvgIpc) is 1.53. The number of hydrogen-bond donors (Lipinski definition) is 0. The molecule has 0 atom stereocenters. The van der Waals surface area contributed by atoms with Gasteiger partial charge in [-0.3, -0.25) is 0 Å². The Morgan fingerprint density at radius 1 is 0.226 bits per heavy atom. The SMILES string of the molecule is CC(C)(C)c1ccc(-c2cccc(-c3ccc(C(C)(C)C)cc3)c2CCCCCCN2c3cc(-n4c5ccccc5c5cc6c(cc54)C4(c5ccccc5-c5ccccc54)c4ccccc4-6)ccc3B3c4cc(-c5cccc(-n6c7ccccc7c7ccccc76)c5)ccc4N(CCCc4c(-c5ccc(C(C)(C)C)cc5)cccc4-c4ccc(C(C)(C)C)cc4)c4cc(C(C)(C)C)cc2c43)cc1. The first kappa shape index (κ1) is 87.1. The number of aromatic nitrogens is 2. The molecule has 4 heterocycles. The monoisotopic (exact) mass is 1770 g/mol. The Kier molecular flexibility index (Phi) is 21.1. The van der Waals surface area contributed by atoms with Crippen LogP contribution in [0.4, 0.5) is 22.7 Å². The highest BCUT2D eigenvalue weighted by atomic mass is 15.2. The van der Waals surface area contributed by atoms with Crippen molar-refractivity contribution in [3.8, 4) is 89.3 Å². The van der Waals surface area contributed by atoms with Gasteiger partial charge in [-0.2, -0.15) is 0 Å². The Morgan fingerprint density at radius 3 is 1.07 bits per heavy atom. The number of unbranched alkanes of at least 4 members (excludes halogenated alkanes) is 3. The summed E-state index contributed by atoms with van der Waals surface area (Å²) in [4.78, 5) is 5.63. The molecule has 19 aromatic rings. The van der Waals surface area contributed by atoms with E-state index in [1.807, 2.05) is 0 Å². The molecule has 2 aliphatic heterocycles. The van der Waals surface area contributed by atoms with Crippen molar-refractivity contribution >= 4 is 89.5 Å². The molecule has 17 aromatic carbocycles. The van der Waals surface area contributed by atoms with Crippen molar-refractivity contribution in [3.05, 3.63) is 425 Å². The summed E-state index contributed by atoms with van der Waals surface area (Å²) >= 11 is 0. The lowest BCUT2D eigenvalue weighted by Crippen LogP contribution is -2.62. The van der Waals surface area contributed by atoms with Crippen molar-refractivity contribution in [3.63, 3.8) is 0 Å². The van der Waals surface area contributed by atoms with Gasteiger partial charge in [0.15, 0.2) is 0 Å². The van der Waals surface area contributed by atoms with Gasteiger partial charge in [0, 0.05) is 68.8 Å². The smallest absolute Gasteiger partial charge is 0.252 e. The molecule has 2 aliphatic carbocycles. The maximum absolute atomic E-state index is 2.84. The van der Waals surface area contributed by atoms with Gasteiger partial charge < -0.3 is 18.9 Å². The highest BCUT2D eigenvalue weighted by Crippen LogP contribution is 2.64. The first-order valence-electron chi connectivity index (χ1n) is 50.3. The number of fused-ring (bicyclic) bond motifs is 20. The maximum atomic E-state index is 2.84. The van der Waals surface area contributed by atoms with Gasteiger partial charge in [-0.05, 0) is 287 Å². The van der Waals surface area contributed by atoms with Crippen molar-refractivity contribution in [2.75, 3.05) is 22.9 Å². The van der Waals surface area contributed by atoms with Crippen molar-refractivity contribution in [2.24, 2.45) is 0 Å². The second-order valence-electron chi connectivity index (χ2n) is 44.7. The standard InChI is InChI=1S/C132H123BN4/c1-127(2,3)91-65-56-85(57-66-91)98-45-33-46-99(86-58-67-92(68-59-86)128(4,5)6)102(98)38-18-16-17-31-76-135-123-82-97(137-120-55-30-24-44-109(120)111-83-110-106-41-21-27-52-114(106)132(115(110)84-122(111)137)112-50-25-19-39-104(112)105-40-20-26-51-113(105)132)73-74-116(123)133-117-79-90(89-36-32-37-96(78-89)136-118-53-28-22-42-107(118)108-43-23-29-54-119(108)136)64-75-121(117)134(124-80-95(131(13,14)15)81-125(135)126(124)133)77-35-49-103-100(87-60-69-93(70-61-87)129(7,8)9)47-34-48-101(103)88-62-71-94(72-63-88)130(10,11)12/h19-30,32-34,36-37,39-48,50-75,78-84H,16-18,31,35,38,49,76-77H2,1-15H3. The van der Waals surface area contributed by atoms with Gasteiger partial charge in [-0.15, -0.1) is 0 Å².